The fraction of sp³-hybridized carbons (Fsp3) is 0.478. The van der Waals surface area contributed by atoms with E-state index in [4.69, 9.17) is 0 Å². The summed E-state index contributed by atoms with van der Waals surface area (Å²) in [4.78, 5) is 0.554. The summed E-state index contributed by atoms with van der Waals surface area (Å²) in [5.74, 6) is 1.19. The minimum atomic E-state index is 0.220. The first-order valence-electron chi connectivity index (χ1n) is 8.94. The van der Waals surface area contributed by atoms with Gasteiger partial charge < -0.3 is 0 Å². The van der Waals surface area contributed by atoms with Crippen LogP contribution in [0.5, 0.6) is 0 Å². The van der Waals surface area contributed by atoms with Crippen molar-refractivity contribution in [1.29, 1.82) is 0 Å². The Kier molecular flexibility index (Phi) is 4.45. The van der Waals surface area contributed by atoms with Gasteiger partial charge >= 0.3 is 0 Å². The van der Waals surface area contributed by atoms with E-state index in [-0.39, 0.29) is 10.8 Å². The fourth-order valence-corrected chi connectivity index (χ4v) is 4.56. The highest BCUT2D eigenvalue weighted by atomic mass is 79.9. The standard InChI is InChI=1S/C23H29Br/c1-22(2,3)17-11-7-15(8-12-17)19-20(21(19)24)16-9-13-18(14-10-16)23(4,5)6/h7-14,19-21H,1-6H3/t19-,20-/m1/s1. The number of halogens is 1. The molecule has 0 saturated heterocycles. The molecule has 2 atom stereocenters. The van der Waals surface area contributed by atoms with E-state index in [9.17, 15) is 0 Å². The number of benzene rings is 2. The van der Waals surface area contributed by atoms with E-state index in [0.29, 0.717) is 16.7 Å². The Morgan fingerprint density at radius 2 is 0.875 bits per heavy atom. The highest BCUT2D eigenvalue weighted by molar-refractivity contribution is 9.09. The lowest BCUT2D eigenvalue weighted by Crippen LogP contribution is -2.10. The lowest BCUT2D eigenvalue weighted by atomic mass is 9.86. The van der Waals surface area contributed by atoms with Crippen LogP contribution in [0.4, 0.5) is 0 Å². The summed E-state index contributed by atoms with van der Waals surface area (Å²) in [5, 5.41) is 0. The second-order valence-corrected chi connectivity index (χ2v) is 10.3. The van der Waals surface area contributed by atoms with Gasteiger partial charge in [0.2, 0.25) is 0 Å². The third-order valence-corrected chi connectivity index (χ3v) is 6.39. The summed E-state index contributed by atoms with van der Waals surface area (Å²) in [5.41, 5.74) is 6.16. The molecule has 1 saturated carbocycles. The van der Waals surface area contributed by atoms with Crippen LogP contribution in [-0.2, 0) is 10.8 Å². The minimum absolute atomic E-state index is 0.220. The third-order valence-electron chi connectivity index (χ3n) is 5.26. The lowest BCUT2D eigenvalue weighted by Gasteiger charge is -2.19. The summed E-state index contributed by atoms with van der Waals surface area (Å²) in [7, 11) is 0. The van der Waals surface area contributed by atoms with Crippen LogP contribution in [0.3, 0.4) is 0 Å². The summed E-state index contributed by atoms with van der Waals surface area (Å²) in [6.07, 6.45) is 0. The molecule has 0 unspecified atom stereocenters. The van der Waals surface area contributed by atoms with E-state index in [1.54, 1.807) is 0 Å². The van der Waals surface area contributed by atoms with Gasteiger partial charge in [0.05, 0.1) is 0 Å². The number of alkyl halides is 1. The van der Waals surface area contributed by atoms with E-state index in [0.717, 1.165) is 0 Å². The second kappa shape index (κ2) is 6.02. The minimum Gasteiger partial charge on any atom is -0.0877 e. The van der Waals surface area contributed by atoms with Crippen molar-refractivity contribution in [1.82, 2.24) is 0 Å². The summed E-state index contributed by atoms with van der Waals surface area (Å²) >= 11 is 3.90. The average Bonchev–Trinajstić information content (AvgIpc) is 3.17. The van der Waals surface area contributed by atoms with Gasteiger partial charge in [-0.25, -0.2) is 0 Å². The molecule has 0 spiro atoms. The smallest absolute Gasteiger partial charge is 0.0295 e. The molecule has 0 aromatic heterocycles. The van der Waals surface area contributed by atoms with Crippen LogP contribution in [-0.4, -0.2) is 4.83 Å². The van der Waals surface area contributed by atoms with Crippen molar-refractivity contribution in [3.05, 3.63) is 70.8 Å². The normalized spacial score (nSPS) is 24.0. The van der Waals surface area contributed by atoms with Crippen LogP contribution < -0.4 is 0 Å². The Labute approximate surface area is 155 Å². The fourth-order valence-electron chi connectivity index (χ4n) is 3.47. The SMILES string of the molecule is CC(C)(C)c1ccc([C@H]2C(Br)[C@@H]2c2ccc(C(C)(C)C)cc2)cc1. The Morgan fingerprint density at radius 3 is 1.12 bits per heavy atom. The summed E-state index contributed by atoms with van der Waals surface area (Å²) in [6, 6.07) is 18.5. The van der Waals surface area contributed by atoms with Crippen molar-refractivity contribution in [2.45, 2.75) is 69.0 Å². The molecular weight excluding hydrogens is 356 g/mol. The van der Waals surface area contributed by atoms with Crippen molar-refractivity contribution in [3.8, 4) is 0 Å². The zero-order valence-electron chi connectivity index (χ0n) is 15.7. The molecule has 0 N–H and O–H groups in total. The maximum absolute atomic E-state index is 3.90. The molecule has 0 nitrogen and oxygen atoms in total. The molecule has 0 amide bonds. The van der Waals surface area contributed by atoms with Crippen molar-refractivity contribution in [2.24, 2.45) is 0 Å². The molecule has 1 aliphatic carbocycles. The number of rotatable bonds is 2. The van der Waals surface area contributed by atoms with E-state index >= 15 is 0 Å². The molecule has 0 radical (unpaired) electrons. The van der Waals surface area contributed by atoms with Gasteiger partial charge in [-0.15, -0.1) is 0 Å². The number of hydrogen-bond acceptors (Lipinski definition) is 0. The Hall–Kier alpha value is -1.08. The molecule has 2 aromatic carbocycles. The van der Waals surface area contributed by atoms with Gasteiger partial charge in [0.1, 0.15) is 0 Å². The predicted octanol–water partition coefficient (Wildman–Crippen LogP) is 6.93. The largest absolute Gasteiger partial charge is 0.0877 e. The van der Waals surface area contributed by atoms with Gasteiger partial charge in [0.15, 0.2) is 0 Å². The molecule has 0 aliphatic heterocycles. The first-order valence-corrected chi connectivity index (χ1v) is 9.85. The van der Waals surface area contributed by atoms with Gasteiger partial charge in [-0.3, -0.25) is 0 Å². The van der Waals surface area contributed by atoms with Crippen LogP contribution in [0, 0.1) is 0 Å². The van der Waals surface area contributed by atoms with Crippen LogP contribution in [0.25, 0.3) is 0 Å². The van der Waals surface area contributed by atoms with Crippen LogP contribution in [0.2, 0.25) is 0 Å². The van der Waals surface area contributed by atoms with Crippen LogP contribution >= 0.6 is 15.9 Å². The van der Waals surface area contributed by atoms with Gasteiger partial charge in [-0.2, -0.15) is 0 Å². The topological polar surface area (TPSA) is 0 Å². The molecular formula is C23H29Br. The maximum atomic E-state index is 3.90. The Balaban J connectivity index is 1.78. The molecule has 128 valence electrons. The molecule has 0 bridgehead atoms. The monoisotopic (exact) mass is 384 g/mol. The first-order chi connectivity index (χ1) is 11.1. The average molecular weight is 385 g/mol. The zero-order valence-corrected chi connectivity index (χ0v) is 17.3. The van der Waals surface area contributed by atoms with Crippen molar-refractivity contribution in [3.63, 3.8) is 0 Å². The van der Waals surface area contributed by atoms with Gasteiger partial charge in [0.25, 0.3) is 0 Å². The van der Waals surface area contributed by atoms with E-state index in [2.05, 4.69) is 106 Å². The van der Waals surface area contributed by atoms with E-state index in [1.165, 1.54) is 22.3 Å². The highest BCUT2D eigenvalue weighted by Crippen LogP contribution is 2.59. The molecule has 3 rings (SSSR count). The van der Waals surface area contributed by atoms with Gasteiger partial charge in [-0.05, 0) is 33.1 Å². The van der Waals surface area contributed by atoms with Gasteiger partial charge in [-0.1, -0.05) is 106 Å². The Bertz CT molecular complexity index is 632. The van der Waals surface area contributed by atoms with E-state index < -0.39 is 0 Å². The van der Waals surface area contributed by atoms with Crippen molar-refractivity contribution >= 4 is 15.9 Å². The molecule has 24 heavy (non-hydrogen) atoms. The van der Waals surface area contributed by atoms with E-state index in [1.807, 2.05) is 0 Å². The first kappa shape index (κ1) is 17.7. The highest BCUT2D eigenvalue weighted by Gasteiger charge is 2.50. The van der Waals surface area contributed by atoms with Crippen molar-refractivity contribution in [2.75, 3.05) is 0 Å². The molecule has 1 aliphatic rings. The predicted molar refractivity (Wildman–Crippen MR) is 108 cm³/mol. The molecule has 0 heterocycles. The second-order valence-electron chi connectivity index (χ2n) is 9.24. The maximum Gasteiger partial charge on any atom is 0.0295 e. The number of hydrogen-bond donors (Lipinski definition) is 0. The molecule has 2 aromatic rings. The summed E-state index contributed by atoms with van der Waals surface area (Å²) in [6.45, 7) is 13.6. The zero-order chi connectivity index (χ0) is 17.7. The molecule has 1 heteroatoms. The third kappa shape index (κ3) is 3.47. The summed E-state index contributed by atoms with van der Waals surface area (Å²) < 4.78 is 0. The van der Waals surface area contributed by atoms with Crippen LogP contribution in [0.1, 0.15) is 75.6 Å². The van der Waals surface area contributed by atoms with Crippen molar-refractivity contribution < 1.29 is 0 Å². The Morgan fingerprint density at radius 1 is 0.583 bits per heavy atom. The lowest BCUT2D eigenvalue weighted by molar-refractivity contribution is 0.589. The quantitative estimate of drug-likeness (QED) is 0.492. The van der Waals surface area contributed by atoms with Gasteiger partial charge in [0, 0.05) is 16.7 Å². The molecule has 1 fully saturated rings. The van der Waals surface area contributed by atoms with Crippen LogP contribution in [0.15, 0.2) is 48.5 Å².